The Hall–Kier alpha value is -1.22. The maximum atomic E-state index is 9.25. The second kappa shape index (κ2) is 4.53. The summed E-state index contributed by atoms with van der Waals surface area (Å²) in [5.41, 5.74) is 7.72. The van der Waals surface area contributed by atoms with Gasteiger partial charge in [-0.3, -0.25) is 0 Å². The van der Waals surface area contributed by atoms with Crippen LogP contribution in [0.1, 0.15) is 18.4 Å². The molecular weight excluding hydrogens is 188 g/mol. The number of nitrogens with one attached hydrogen (secondary N) is 1. The monoisotopic (exact) mass is 206 g/mol. The zero-order valence-electron chi connectivity index (χ0n) is 8.87. The van der Waals surface area contributed by atoms with E-state index in [0.29, 0.717) is 11.6 Å². The molecule has 0 radical (unpaired) electrons. The first-order valence-electron chi connectivity index (χ1n) is 5.54. The number of hydrogen-bond acceptors (Lipinski definition) is 3. The molecule has 1 aliphatic heterocycles. The molecule has 0 saturated carbocycles. The Balaban J connectivity index is 2.03. The fourth-order valence-corrected chi connectivity index (χ4v) is 2.18. The lowest BCUT2D eigenvalue weighted by molar-refractivity contribution is 0.376. The van der Waals surface area contributed by atoms with Gasteiger partial charge in [0.05, 0.1) is 0 Å². The van der Waals surface area contributed by atoms with Crippen molar-refractivity contribution in [2.75, 3.05) is 18.8 Å². The number of hydrogen-bond donors (Lipinski definition) is 3. The standard InChI is InChI=1S/C12H18N2O/c13-12-7-11(15)4-3-10(12)6-9-2-1-5-14-8-9/h3-4,7,9,14-15H,1-2,5-6,8,13H2. The molecule has 1 unspecified atom stereocenters. The summed E-state index contributed by atoms with van der Waals surface area (Å²) in [7, 11) is 0. The van der Waals surface area contributed by atoms with Crippen molar-refractivity contribution in [2.24, 2.45) is 5.92 Å². The van der Waals surface area contributed by atoms with Gasteiger partial charge in [-0.25, -0.2) is 0 Å². The van der Waals surface area contributed by atoms with Crippen molar-refractivity contribution in [3.63, 3.8) is 0 Å². The Morgan fingerprint density at radius 3 is 3.00 bits per heavy atom. The quantitative estimate of drug-likeness (QED) is 0.643. The summed E-state index contributed by atoms with van der Waals surface area (Å²) in [6.07, 6.45) is 3.54. The zero-order valence-corrected chi connectivity index (χ0v) is 8.87. The van der Waals surface area contributed by atoms with Gasteiger partial charge in [0.25, 0.3) is 0 Å². The molecule has 2 rings (SSSR count). The average Bonchev–Trinajstić information content (AvgIpc) is 2.24. The van der Waals surface area contributed by atoms with Gasteiger partial charge in [0.2, 0.25) is 0 Å². The van der Waals surface area contributed by atoms with E-state index in [4.69, 9.17) is 5.73 Å². The predicted octanol–water partition coefficient (Wildman–Crippen LogP) is 1.52. The fraction of sp³-hybridized carbons (Fsp3) is 0.500. The summed E-state index contributed by atoms with van der Waals surface area (Å²) in [4.78, 5) is 0. The third-order valence-corrected chi connectivity index (χ3v) is 3.04. The molecule has 1 aromatic rings. The number of benzene rings is 1. The lowest BCUT2D eigenvalue weighted by atomic mass is 9.92. The van der Waals surface area contributed by atoms with Crippen molar-refractivity contribution in [1.29, 1.82) is 0 Å². The van der Waals surface area contributed by atoms with E-state index < -0.39 is 0 Å². The normalized spacial score (nSPS) is 21.5. The summed E-state index contributed by atoms with van der Waals surface area (Å²) in [5, 5.41) is 12.6. The molecule has 1 heterocycles. The van der Waals surface area contributed by atoms with Crippen LogP contribution in [0, 0.1) is 5.92 Å². The van der Waals surface area contributed by atoms with Crippen molar-refractivity contribution in [1.82, 2.24) is 5.32 Å². The number of anilines is 1. The minimum Gasteiger partial charge on any atom is -0.508 e. The number of phenolic OH excluding ortho intramolecular Hbond substituents is 1. The van der Waals surface area contributed by atoms with Crippen LogP contribution in [0.3, 0.4) is 0 Å². The van der Waals surface area contributed by atoms with Crippen LogP contribution in [0.4, 0.5) is 5.69 Å². The Bertz CT molecular complexity index is 332. The molecule has 3 heteroatoms. The van der Waals surface area contributed by atoms with E-state index in [0.717, 1.165) is 25.1 Å². The van der Waals surface area contributed by atoms with Crippen molar-refractivity contribution in [3.05, 3.63) is 23.8 Å². The molecule has 1 atom stereocenters. The number of piperidine rings is 1. The van der Waals surface area contributed by atoms with E-state index in [-0.39, 0.29) is 5.75 Å². The first kappa shape index (κ1) is 10.3. The molecule has 0 aromatic heterocycles. The molecule has 0 bridgehead atoms. The lowest BCUT2D eigenvalue weighted by Crippen LogP contribution is -2.30. The molecular formula is C12H18N2O. The largest absolute Gasteiger partial charge is 0.508 e. The molecule has 82 valence electrons. The highest BCUT2D eigenvalue weighted by Crippen LogP contribution is 2.23. The van der Waals surface area contributed by atoms with Crippen LogP contribution in [0.5, 0.6) is 5.75 Å². The molecule has 0 amide bonds. The van der Waals surface area contributed by atoms with E-state index in [1.54, 1.807) is 12.1 Å². The van der Waals surface area contributed by atoms with Gasteiger partial charge in [-0.2, -0.15) is 0 Å². The van der Waals surface area contributed by atoms with Gasteiger partial charge >= 0.3 is 0 Å². The first-order valence-corrected chi connectivity index (χ1v) is 5.54. The van der Waals surface area contributed by atoms with Gasteiger partial charge in [0.1, 0.15) is 5.75 Å². The van der Waals surface area contributed by atoms with Gasteiger partial charge in [-0.15, -0.1) is 0 Å². The first-order chi connectivity index (χ1) is 7.25. The highest BCUT2D eigenvalue weighted by atomic mass is 16.3. The Morgan fingerprint density at radius 1 is 1.47 bits per heavy atom. The smallest absolute Gasteiger partial charge is 0.117 e. The Labute approximate surface area is 90.3 Å². The molecule has 1 aromatic carbocycles. The number of phenols is 1. The highest BCUT2D eigenvalue weighted by Gasteiger charge is 2.14. The average molecular weight is 206 g/mol. The van der Waals surface area contributed by atoms with Crippen molar-refractivity contribution in [3.8, 4) is 5.75 Å². The Morgan fingerprint density at radius 2 is 2.33 bits per heavy atom. The van der Waals surface area contributed by atoms with E-state index >= 15 is 0 Å². The maximum Gasteiger partial charge on any atom is 0.117 e. The summed E-state index contributed by atoms with van der Waals surface area (Å²) < 4.78 is 0. The lowest BCUT2D eigenvalue weighted by Gasteiger charge is -2.23. The minimum atomic E-state index is 0.248. The second-order valence-corrected chi connectivity index (χ2v) is 4.30. The van der Waals surface area contributed by atoms with Crippen LogP contribution in [-0.2, 0) is 6.42 Å². The van der Waals surface area contributed by atoms with Crippen LogP contribution in [0.15, 0.2) is 18.2 Å². The predicted molar refractivity (Wildman–Crippen MR) is 61.8 cm³/mol. The number of aromatic hydroxyl groups is 1. The topological polar surface area (TPSA) is 58.3 Å². The summed E-state index contributed by atoms with van der Waals surface area (Å²) in [6, 6.07) is 5.27. The van der Waals surface area contributed by atoms with E-state index in [2.05, 4.69) is 5.32 Å². The summed E-state index contributed by atoms with van der Waals surface area (Å²) >= 11 is 0. The molecule has 0 aliphatic carbocycles. The molecule has 1 saturated heterocycles. The number of nitrogens with two attached hydrogens (primary N) is 1. The van der Waals surface area contributed by atoms with Crippen molar-refractivity contribution < 1.29 is 5.11 Å². The highest BCUT2D eigenvalue weighted by molar-refractivity contribution is 5.51. The van der Waals surface area contributed by atoms with Crippen LogP contribution in [0.2, 0.25) is 0 Å². The minimum absolute atomic E-state index is 0.248. The van der Waals surface area contributed by atoms with Crippen molar-refractivity contribution in [2.45, 2.75) is 19.3 Å². The van der Waals surface area contributed by atoms with Crippen molar-refractivity contribution >= 4 is 5.69 Å². The van der Waals surface area contributed by atoms with E-state index in [9.17, 15) is 5.11 Å². The molecule has 1 aliphatic rings. The van der Waals surface area contributed by atoms with Gasteiger partial charge in [0.15, 0.2) is 0 Å². The molecule has 15 heavy (non-hydrogen) atoms. The van der Waals surface area contributed by atoms with Gasteiger partial charge < -0.3 is 16.2 Å². The fourth-order valence-electron chi connectivity index (χ4n) is 2.18. The van der Waals surface area contributed by atoms with E-state index in [1.165, 1.54) is 12.8 Å². The van der Waals surface area contributed by atoms with Gasteiger partial charge in [-0.1, -0.05) is 6.07 Å². The second-order valence-electron chi connectivity index (χ2n) is 4.30. The molecule has 3 nitrogen and oxygen atoms in total. The molecule has 0 spiro atoms. The van der Waals surface area contributed by atoms with E-state index in [1.807, 2.05) is 6.07 Å². The number of rotatable bonds is 2. The summed E-state index contributed by atoms with van der Waals surface area (Å²) in [5.74, 6) is 0.934. The number of nitrogen functional groups attached to an aromatic ring is 1. The SMILES string of the molecule is Nc1cc(O)ccc1CC1CCCNC1. The van der Waals surface area contributed by atoms with Gasteiger partial charge in [-0.05, 0) is 49.9 Å². The third-order valence-electron chi connectivity index (χ3n) is 3.04. The summed E-state index contributed by atoms with van der Waals surface area (Å²) in [6.45, 7) is 2.22. The zero-order chi connectivity index (χ0) is 10.7. The van der Waals surface area contributed by atoms with Crippen LogP contribution in [-0.4, -0.2) is 18.2 Å². The van der Waals surface area contributed by atoms with Crippen LogP contribution >= 0.6 is 0 Å². The maximum absolute atomic E-state index is 9.25. The Kier molecular flexibility index (Phi) is 3.11. The molecule has 4 N–H and O–H groups in total. The third kappa shape index (κ3) is 2.63. The van der Waals surface area contributed by atoms with Gasteiger partial charge in [0, 0.05) is 11.8 Å². The molecule has 1 fully saturated rings. The van der Waals surface area contributed by atoms with Crippen LogP contribution < -0.4 is 11.1 Å². The van der Waals surface area contributed by atoms with Crippen LogP contribution in [0.25, 0.3) is 0 Å².